The Morgan fingerprint density at radius 3 is 2.69 bits per heavy atom. The minimum absolute atomic E-state index is 0.724. The predicted octanol–water partition coefficient (Wildman–Crippen LogP) is 3.26. The van der Waals surface area contributed by atoms with Gasteiger partial charge >= 0.3 is 0 Å². The Hall–Kier alpha value is -1.42. The first-order valence-electron chi connectivity index (χ1n) is 4.98. The molecule has 16 heavy (non-hydrogen) atoms. The topological polar surface area (TPSA) is 37.8 Å². The number of hydrogen-bond donors (Lipinski definition) is 1. The van der Waals surface area contributed by atoms with E-state index in [1.54, 1.807) is 0 Å². The summed E-state index contributed by atoms with van der Waals surface area (Å²) in [5, 5.41) is 3.06. The summed E-state index contributed by atoms with van der Waals surface area (Å²) in [6.07, 6.45) is 1.83. The summed E-state index contributed by atoms with van der Waals surface area (Å²) in [4.78, 5) is 8.81. The number of nitrogens with zero attached hydrogens (tertiary/aromatic N) is 2. The summed E-state index contributed by atoms with van der Waals surface area (Å²) in [5.74, 6) is 1.59. The third-order valence-corrected chi connectivity index (χ3v) is 3.01. The molecular formula is C12H12BrN3. The van der Waals surface area contributed by atoms with Crippen LogP contribution in [-0.2, 0) is 0 Å². The van der Waals surface area contributed by atoms with Gasteiger partial charge in [0.1, 0.15) is 5.82 Å². The molecule has 0 radical (unpaired) electrons. The lowest BCUT2D eigenvalue weighted by molar-refractivity contribution is 1.13. The van der Waals surface area contributed by atoms with Gasteiger partial charge in [0.2, 0.25) is 0 Å². The van der Waals surface area contributed by atoms with E-state index in [0.29, 0.717) is 0 Å². The van der Waals surface area contributed by atoms with E-state index in [2.05, 4.69) is 31.2 Å². The summed E-state index contributed by atoms with van der Waals surface area (Å²) in [6, 6.07) is 7.93. The van der Waals surface area contributed by atoms with Gasteiger partial charge in [-0.25, -0.2) is 9.97 Å². The Kier molecular flexibility index (Phi) is 3.19. The zero-order valence-corrected chi connectivity index (χ0v) is 10.7. The van der Waals surface area contributed by atoms with Gasteiger partial charge < -0.3 is 5.32 Å². The van der Waals surface area contributed by atoms with Crippen LogP contribution in [0.3, 0.4) is 0 Å². The minimum Gasteiger partial charge on any atom is -0.373 e. The molecule has 1 N–H and O–H groups in total. The van der Waals surface area contributed by atoms with Gasteiger partial charge in [0.25, 0.3) is 0 Å². The molecule has 2 rings (SSSR count). The maximum atomic E-state index is 4.47. The molecule has 1 heterocycles. The van der Waals surface area contributed by atoms with E-state index in [1.807, 2.05) is 44.4 Å². The number of benzene rings is 1. The van der Waals surface area contributed by atoms with Crippen LogP contribution in [0.5, 0.6) is 0 Å². The van der Waals surface area contributed by atoms with Crippen molar-refractivity contribution in [2.24, 2.45) is 0 Å². The third-order valence-electron chi connectivity index (χ3n) is 2.32. The van der Waals surface area contributed by atoms with Crippen LogP contribution in [0.2, 0.25) is 0 Å². The van der Waals surface area contributed by atoms with E-state index in [-0.39, 0.29) is 0 Å². The van der Waals surface area contributed by atoms with Crippen LogP contribution < -0.4 is 5.32 Å². The van der Waals surface area contributed by atoms with Gasteiger partial charge in [-0.05, 0) is 13.0 Å². The Morgan fingerprint density at radius 1 is 1.25 bits per heavy atom. The van der Waals surface area contributed by atoms with Crippen molar-refractivity contribution in [1.82, 2.24) is 9.97 Å². The fourth-order valence-electron chi connectivity index (χ4n) is 1.47. The lowest BCUT2D eigenvalue weighted by Crippen LogP contribution is -1.99. The zero-order valence-electron chi connectivity index (χ0n) is 9.16. The molecule has 0 unspecified atom stereocenters. The summed E-state index contributed by atoms with van der Waals surface area (Å²) in [5.41, 5.74) is 2.04. The summed E-state index contributed by atoms with van der Waals surface area (Å²) >= 11 is 3.50. The molecule has 4 heteroatoms. The van der Waals surface area contributed by atoms with Crippen LogP contribution in [0, 0.1) is 6.92 Å². The van der Waals surface area contributed by atoms with Crippen LogP contribution in [0.25, 0.3) is 11.4 Å². The van der Waals surface area contributed by atoms with E-state index in [0.717, 1.165) is 27.2 Å². The Balaban J connectivity index is 2.53. The molecule has 0 amide bonds. The summed E-state index contributed by atoms with van der Waals surface area (Å²) in [6.45, 7) is 1.98. The van der Waals surface area contributed by atoms with Crippen LogP contribution >= 0.6 is 15.9 Å². The number of rotatable bonds is 2. The third kappa shape index (κ3) is 2.07. The van der Waals surface area contributed by atoms with E-state index in [4.69, 9.17) is 0 Å². The largest absolute Gasteiger partial charge is 0.373 e. The molecule has 0 saturated heterocycles. The first kappa shape index (κ1) is 11.1. The van der Waals surface area contributed by atoms with Gasteiger partial charge in [-0.15, -0.1) is 0 Å². The van der Waals surface area contributed by atoms with Gasteiger partial charge in [-0.2, -0.15) is 0 Å². The highest BCUT2D eigenvalue weighted by Crippen LogP contribution is 2.26. The van der Waals surface area contributed by atoms with Crippen LogP contribution in [0.15, 0.2) is 34.9 Å². The highest BCUT2D eigenvalue weighted by atomic mass is 79.9. The lowest BCUT2D eigenvalue weighted by Gasteiger charge is -2.07. The molecule has 1 aromatic heterocycles. The molecule has 0 saturated carbocycles. The van der Waals surface area contributed by atoms with Crippen LogP contribution in [0.4, 0.5) is 5.82 Å². The van der Waals surface area contributed by atoms with Crippen molar-refractivity contribution in [2.45, 2.75) is 6.92 Å². The van der Waals surface area contributed by atoms with Gasteiger partial charge in [-0.1, -0.05) is 34.1 Å². The fourth-order valence-corrected chi connectivity index (χ4v) is 1.93. The Bertz CT molecular complexity index is 511. The molecule has 0 bridgehead atoms. The second-order valence-electron chi connectivity index (χ2n) is 3.46. The van der Waals surface area contributed by atoms with Crippen LogP contribution in [-0.4, -0.2) is 17.0 Å². The second kappa shape index (κ2) is 4.61. The van der Waals surface area contributed by atoms with Crippen molar-refractivity contribution in [3.05, 3.63) is 40.5 Å². The van der Waals surface area contributed by atoms with Crippen molar-refractivity contribution < 1.29 is 0 Å². The van der Waals surface area contributed by atoms with Gasteiger partial charge in [-0.3, -0.25) is 0 Å². The van der Waals surface area contributed by atoms with Crippen molar-refractivity contribution in [1.29, 1.82) is 0 Å². The Morgan fingerprint density at radius 2 is 2.00 bits per heavy atom. The molecule has 0 aliphatic heterocycles. The molecule has 2 aromatic rings. The van der Waals surface area contributed by atoms with Crippen molar-refractivity contribution in [3.63, 3.8) is 0 Å². The average Bonchev–Trinajstić information content (AvgIpc) is 2.31. The molecule has 82 valence electrons. The Labute approximate surface area is 103 Å². The number of anilines is 1. The van der Waals surface area contributed by atoms with E-state index in [1.165, 1.54) is 0 Å². The normalized spacial score (nSPS) is 10.2. The second-order valence-corrected chi connectivity index (χ2v) is 4.31. The number of halogens is 1. The molecule has 0 atom stereocenters. The molecule has 0 aliphatic carbocycles. The molecule has 0 aliphatic rings. The molecule has 0 spiro atoms. The van der Waals surface area contributed by atoms with Crippen molar-refractivity contribution in [3.8, 4) is 11.4 Å². The average molecular weight is 278 g/mol. The molecule has 0 fully saturated rings. The quantitative estimate of drug-likeness (QED) is 0.916. The summed E-state index contributed by atoms with van der Waals surface area (Å²) < 4.78 is 1.00. The zero-order chi connectivity index (χ0) is 11.5. The van der Waals surface area contributed by atoms with Crippen molar-refractivity contribution in [2.75, 3.05) is 12.4 Å². The number of aromatic nitrogens is 2. The van der Waals surface area contributed by atoms with Gasteiger partial charge in [0, 0.05) is 28.8 Å². The maximum Gasteiger partial charge on any atom is 0.162 e. The molecular weight excluding hydrogens is 266 g/mol. The highest BCUT2D eigenvalue weighted by molar-refractivity contribution is 9.10. The minimum atomic E-state index is 0.724. The highest BCUT2D eigenvalue weighted by Gasteiger charge is 2.07. The fraction of sp³-hybridized carbons (Fsp3) is 0.167. The monoisotopic (exact) mass is 277 g/mol. The SMILES string of the molecule is CNc1nc(-c2ccccc2Br)ncc1C. The van der Waals surface area contributed by atoms with Gasteiger partial charge in [0.15, 0.2) is 5.82 Å². The smallest absolute Gasteiger partial charge is 0.162 e. The van der Waals surface area contributed by atoms with E-state index >= 15 is 0 Å². The summed E-state index contributed by atoms with van der Waals surface area (Å²) in [7, 11) is 1.86. The number of hydrogen-bond acceptors (Lipinski definition) is 3. The van der Waals surface area contributed by atoms with E-state index in [9.17, 15) is 0 Å². The standard InChI is InChI=1S/C12H12BrN3/c1-8-7-15-12(16-11(8)14-2)9-5-3-4-6-10(9)13/h3-7H,1-2H3,(H,14,15,16). The molecule has 1 aromatic carbocycles. The predicted molar refractivity (Wildman–Crippen MR) is 69.5 cm³/mol. The van der Waals surface area contributed by atoms with Crippen LogP contribution in [0.1, 0.15) is 5.56 Å². The number of nitrogens with one attached hydrogen (secondary N) is 1. The first-order chi connectivity index (χ1) is 7.72. The lowest BCUT2D eigenvalue weighted by atomic mass is 10.2. The maximum absolute atomic E-state index is 4.47. The van der Waals surface area contributed by atoms with Crippen molar-refractivity contribution >= 4 is 21.7 Å². The number of aryl methyl sites for hydroxylation is 1. The van der Waals surface area contributed by atoms with Gasteiger partial charge in [0.05, 0.1) is 0 Å². The molecule has 3 nitrogen and oxygen atoms in total. The first-order valence-corrected chi connectivity index (χ1v) is 5.78. The van der Waals surface area contributed by atoms with E-state index < -0.39 is 0 Å².